The van der Waals surface area contributed by atoms with Crippen LogP contribution in [0.3, 0.4) is 0 Å². The molecule has 1 N–H and O–H groups in total. The summed E-state index contributed by atoms with van der Waals surface area (Å²) in [6.45, 7) is 3.05. The molecule has 3 rings (SSSR count). The van der Waals surface area contributed by atoms with Gasteiger partial charge in [-0.15, -0.1) is 0 Å². The fraction of sp³-hybridized carbons (Fsp3) is 0.412. The Balaban J connectivity index is 1.60. The van der Waals surface area contributed by atoms with Gasteiger partial charge in [-0.05, 0) is 62.9 Å². The Morgan fingerprint density at radius 2 is 2.14 bits per heavy atom. The highest BCUT2D eigenvalue weighted by Crippen LogP contribution is 2.22. The highest BCUT2D eigenvalue weighted by atomic mass is 35.5. The van der Waals surface area contributed by atoms with Gasteiger partial charge < -0.3 is 9.84 Å². The molecule has 1 aliphatic carbocycles. The molecule has 4 nitrogen and oxygen atoms in total. The second-order valence-corrected chi connectivity index (χ2v) is 6.18. The summed E-state index contributed by atoms with van der Waals surface area (Å²) in [5.74, 6) is 1.92. The molecule has 1 aromatic heterocycles. The van der Waals surface area contributed by atoms with Gasteiger partial charge in [0, 0.05) is 10.6 Å². The van der Waals surface area contributed by atoms with Crippen molar-refractivity contribution in [2.75, 3.05) is 6.54 Å². The number of rotatable bonds is 5. The van der Waals surface area contributed by atoms with Crippen LogP contribution in [-0.2, 0) is 0 Å². The van der Waals surface area contributed by atoms with Gasteiger partial charge in [-0.3, -0.25) is 0 Å². The van der Waals surface area contributed by atoms with Crippen LogP contribution in [-0.4, -0.2) is 16.7 Å². The molecule has 0 saturated carbocycles. The largest absolute Gasteiger partial charge is 0.334 e. The number of nitrogens with one attached hydrogen (secondary N) is 1. The van der Waals surface area contributed by atoms with Crippen LogP contribution >= 0.6 is 11.6 Å². The predicted molar refractivity (Wildman–Crippen MR) is 87.6 cm³/mol. The van der Waals surface area contributed by atoms with Crippen LogP contribution in [0.2, 0.25) is 5.02 Å². The zero-order valence-electron chi connectivity index (χ0n) is 12.6. The van der Waals surface area contributed by atoms with Crippen molar-refractivity contribution in [3.05, 3.63) is 47.3 Å². The van der Waals surface area contributed by atoms with E-state index in [0.717, 1.165) is 18.5 Å². The van der Waals surface area contributed by atoms with E-state index >= 15 is 0 Å². The summed E-state index contributed by atoms with van der Waals surface area (Å²) >= 11 is 5.89. The fourth-order valence-corrected chi connectivity index (χ4v) is 2.72. The van der Waals surface area contributed by atoms with E-state index in [2.05, 4.69) is 34.5 Å². The molecule has 0 fully saturated rings. The zero-order valence-corrected chi connectivity index (χ0v) is 13.4. The first kappa shape index (κ1) is 15.3. The molecule has 22 heavy (non-hydrogen) atoms. The van der Waals surface area contributed by atoms with Gasteiger partial charge in [0.1, 0.15) is 0 Å². The highest BCUT2D eigenvalue weighted by molar-refractivity contribution is 6.30. The summed E-state index contributed by atoms with van der Waals surface area (Å²) in [4.78, 5) is 4.48. The molecule has 0 bridgehead atoms. The maximum absolute atomic E-state index is 5.89. The average molecular weight is 318 g/mol. The molecule has 0 unspecified atom stereocenters. The summed E-state index contributed by atoms with van der Waals surface area (Å²) in [7, 11) is 0. The number of halogens is 1. The first-order valence-corrected chi connectivity index (χ1v) is 8.08. The smallest absolute Gasteiger partial charge is 0.257 e. The third kappa shape index (κ3) is 3.76. The first-order valence-electron chi connectivity index (χ1n) is 7.70. The lowest BCUT2D eigenvalue weighted by Gasteiger charge is -2.20. The van der Waals surface area contributed by atoms with Crippen molar-refractivity contribution in [2.45, 2.75) is 32.2 Å². The van der Waals surface area contributed by atoms with Gasteiger partial charge in [0.2, 0.25) is 0 Å². The van der Waals surface area contributed by atoms with Crippen molar-refractivity contribution in [1.82, 2.24) is 15.5 Å². The van der Waals surface area contributed by atoms with Gasteiger partial charge in [-0.1, -0.05) is 28.9 Å². The van der Waals surface area contributed by atoms with E-state index in [4.69, 9.17) is 16.1 Å². The minimum atomic E-state index is 0.0794. The van der Waals surface area contributed by atoms with Crippen LogP contribution in [0.25, 0.3) is 11.5 Å². The summed E-state index contributed by atoms with van der Waals surface area (Å²) in [5, 5.41) is 8.28. The fourth-order valence-electron chi connectivity index (χ4n) is 2.60. The molecular formula is C17H20ClN3O. The van der Waals surface area contributed by atoms with Gasteiger partial charge in [-0.2, -0.15) is 4.98 Å². The predicted octanol–water partition coefficient (Wildman–Crippen LogP) is 4.40. The van der Waals surface area contributed by atoms with Crippen LogP contribution in [0, 0.1) is 5.92 Å². The third-order valence-corrected chi connectivity index (χ3v) is 4.26. The van der Waals surface area contributed by atoms with Crippen molar-refractivity contribution < 1.29 is 4.52 Å². The van der Waals surface area contributed by atoms with E-state index in [9.17, 15) is 0 Å². The first-order chi connectivity index (χ1) is 10.7. The van der Waals surface area contributed by atoms with Crippen molar-refractivity contribution in [2.24, 2.45) is 5.92 Å². The zero-order chi connectivity index (χ0) is 15.4. The Hall–Kier alpha value is -1.65. The van der Waals surface area contributed by atoms with Gasteiger partial charge in [0.05, 0.1) is 6.04 Å². The molecule has 1 aliphatic rings. The molecule has 0 saturated heterocycles. The van der Waals surface area contributed by atoms with Crippen LogP contribution in [0.4, 0.5) is 0 Å². The quantitative estimate of drug-likeness (QED) is 0.831. The van der Waals surface area contributed by atoms with Crippen LogP contribution in [0.5, 0.6) is 0 Å². The Kier molecular flexibility index (Phi) is 4.90. The average Bonchev–Trinajstić information content (AvgIpc) is 3.04. The molecule has 1 aromatic carbocycles. The molecular weight excluding hydrogens is 298 g/mol. The standard InChI is InChI=1S/C17H20ClN3O/c1-12(19-11-13-5-3-2-4-6-13)16-20-17(22-21-16)14-7-9-15(18)10-8-14/h2-3,7-10,12-13,19H,4-6,11H2,1H3/t12-,13+/m0/s1. The van der Waals surface area contributed by atoms with Crippen molar-refractivity contribution in [3.63, 3.8) is 0 Å². The third-order valence-electron chi connectivity index (χ3n) is 4.01. The molecule has 0 aliphatic heterocycles. The summed E-state index contributed by atoms with van der Waals surface area (Å²) < 4.78 is 5.35. The van der Waals surface area contributed by atoms with Crippen molar-refractivity contribution >= 4 is 11.6 Å². The Morgan fingerprint density at radius 3 is 2.86 bits per heavy atom. The normalized spacial score (nSPS) is 19.3. The van der Waals surface area contributed by atoms with Gasteiger partial charge in [-0.25, -0.2) is 0 Å². The molecule has 116 valence electrons. The Morgan fingerprint density at radius 1 is 1.32 bits per heavy atom. The van der Waals surface area contributed by atoms with Gasteiger partial charge >= 0.3 is 0 Å². The van der Waals surface area contributed by atoms with Crippen molar-refractivity contribution in [1.29, 1.82) is 0 Å². The second-order valence-electron chi connectivity index (χ2n) is 5.75. The van der Waals surface area contributed by atoms with Crippen LogP contribution < -0.4 is 5.32 Å². The lowest BCUT2D eigenvalue weighted by Crippen LogP contribution is -2.26. The molecule has 2 aromatic rings. The second kappa shape index (κ2) is 7.07. The molecule has 0 amide bonds. The van der Waals surface area contributed by atoms with E-state index in [0.29, 0.717) is 22.7 Å². The maximum Gasteiger partial charge on any atom is 0.257 e. The molecule has 5 heteroatoms. The number of aromatic nitrogens is 2. The summed E-state index contributed by atoms with van der Waals surface area (Å²) in [6.07, 6.45) is 8.12. The molecule has 0 spiro atoms. The lowest BCUT2D eigenvalue weighted by molar-refractivity contribution is 0.386. The molecule has 0 radical (unpaired) electrons. The van der Waals surface area contributed by atoms with Gasteiger partial charge in [0.15, 0.2) is 5.82 Å². The van der Waals surface area contributed by atoms with E-state index in [-0.39, 0.29) is 6.04 Å². The SMILES string of the molecule is C[C@H](NC[C@@H]1CC=CCC1)c1noc(-c2ccc(Cl)cc2)n1. The van der Waals surface area contributed by atoms with E-state index < -0.39 is 0 Å². The minimum absolute atomic E-state index is 0.0794. The lowest BCUT2D eigenvalue weighted by atomic mass is 9.94. The number of nitrogens with zero attached hydrogens (tertiary/aromatic N) is 2. The van der Waals surface area contributed by atoms with E-state index in [1.165, 1.54) is 12.8 Å². The van der Waals surface area contributed by atoms with Gasteiger partial charge in [0.25, 0.3) is 5.89 Å². The number of allylic oxidation sites excluding steroid dienone is 2. The maximum atomic E-state index is 5.89. The molecule has 2 atom stereocenters. The highest BCUT2D eigenvalue weighted by Gasteiger charge is 2.17. The topological polar surface area (TPSA) is 51.0 Å². The number of benzene rings is 1. The summed E-state index contributed by atoms with van der Waals surface area (Å²) in [6, 6.07) is 7.48. The monoisotopic (exact) mass is 317 g/mol. The molecule has 1 heterocycles. The van der Waals surface area contributed by atoms with Crippen molar-refractivity contribution in [3.8, 4) is 11.5 Å². The van der Waals surface area contributed by atoms with E-state index in [1.54, 1.807) is 0 Å². The Bertz CT molecular complexity index is 636. The minimum Gasteiger partial charge on any atom is -0.334 e. The van der Waals surface area contributed by atoms with Crippen LogP contribution in [0.15, 0.2) is 40.9 Å². The Labute approximate surface area is 135 Å². The summed E-state index contributed by atoms with van der Waals surface area (Å²) in [5.41, 5.74) is 0.882. The number of hydrogen-bond donors (Lipinski definition) is 1. The number of hydrogen-bond acceptors (Lipinski definition) is 4. The van der Waals surface area contributed by atoms with E-state index in [1.807, 2.05) is 24.3 Å². The van der Waals surface area contributed by atoms with Crippen LogP contribution in [0.1, 0.15) is 38.1 Å².